The number of pyridine rings is 1. The number of anilines is 1. The highest BCUT2D eigenvalue weighted by atomic mass is 16.4. The fourth-order valence-corrected chi connectivity index (χ4v) is 3.06. The van der Waals surface area contributed by atoms with Gasteiger partial charge in [-0.1, -0.05) is 6.92 Å². The van der Waals surface area contributed by atoms with Crippen molar-refractivity contribution in [3.05, 3.63) is 18.6 Å². The van der Waals surface area contributed by atoms with Crippen molar-refractivity contribution >= 4 is 22.8 Å². The van der Waals surface area contributed by atoms with Crippen molar-refractivity contribution in [2.24, 2.45) is 13.0 Å². The Labute approximate surface area is 117 Å². The topological polar surface area (TPSA) is 71.2 Å². The summed E-state index contributed by atoms with van der Waals surface area (Å²) in [5, 5.41) is 9.52. The summed E-state index contributed by atoms with van der Waals surface area (Å²) in [4.78, 5) is 22.3. The first-order chi connectivity index (χ1) is 9.59. The molecule has 3 heterocycles. The van der Waals surface area contributed by atoms with E-state index in [0.717, 1.165) is 23.9 Å². The largest absolute Gasteiger partial charge is 0.480 e. The molecular weight excluding hydrogens is 256 g/mol. The van der Waals surface area contributed by atoms with Crippen LogP contribution >= 0.6 is 0 Å². The van der Waals surface area contributed by atoms with Crippen molar-refractivity contribution in [3.63, 3.8) is 0 Å². The van der Waals surface area contributed by atoms with Crippen molar-refractivity contribution in [1.29, 1.82) is 0 Å². The molecule has 0 aromatic carbocycles. The lowest BCUT2D eigenvalue weighted by Gasteiger charge is -2.38. The Hall–Kier alpha value is -2.11. The molecule has 0 amide bonds. The summed E-state index contributed by atoms with van der Waals surface area (Å²) < 4.78 is 1.92. The second kappa shape index (κ2) is 4.77. The zero-order valence-electron chi connectivity index (χ0n) is 11.7. The Bertz CT molecular complexity index is 652. The number of aromatic nitrogens is 3. The van der Waals surface area contributed by atoms with E-state index in [0.29, 0.717) is 12.4 Å². The number of nitrogens with zero attached hydrogens (tertiary/aromatic N) is 4. The van der Waals surface area contributed by atoms with Crippen LogP contribution in [-0.2, 0) is 11.8 Å². The minimum atomic E-state index is -0.785. The Morgan fingerprint density at radius 1 is 1.45 bits per heavy atom. The van der Waals surface area contributed by atoms with Gasteiger partial charge in [-0.15, -0.1) is 0 Å². The van der Waals surface area contributed by atoms with Crippen LogP contribution in [-0.4, -0.2) is 38.2 Å². The molecule has 6 heteroatoms. The molecule has 0 spiro atoms. The predicted octanol–water partition coefficient (Wildman–Crippen LogP) is 1.66. The van der Waals surface area contributed by atoms with Crippen molar-refractivity contribution in [3.8, 4) is 0 Å². The number of rotatable bonds is 2. The van der Waals surface area contributed by atoms with Crippen LogP contribution < -0.4 is 4.90 Å². The third-order valence-electron chi connectivity index (χ3n) is 4.08. The number of carbonyl (C=O) groups is 1. The fourth-order valence-electron chi connectivity index (χ4n) is 3.06. The SMILES string of the molecule is CC1CCCN(c2nccc3c2ncn3C)C1C(=O)O. The van der Waals surface area contributed by atoms with Gasteiger partial charge in [-0.25, -0.2) is 14.8 Å². The van der Waals surface area contributed by atoms with Crippen molar-refractivity contribution in [2.75, 3.05) is 11.4 Å². The Balaban J connectivity index is 2.11. The molecule has 0 saturated carbocycles. The first-order valence-corrected chi connectivity index (χ1v) is 6.85. The van der Waals surface area contributed by atoms with Crippen molar-refractivity contribution in [1.82, 2.24) is 14.5 Å². The van der Waals surface area contributed by atoms with Gasteiger partial charge in [0.2, 0.25) is 0 Å². The number of aryl methyl sites for hydroxylation is 1. The van der Waals surface area contributed by atoms with Gasteiger partial charge in [-0.3, -0.25) is 0 Å². The Morgan fingerprint density at radius 2 is 2.25 bits per heavy atom. The maximum Gasteiger partial charge on any atom is 0.326 e. The van der Waals surface area contributed by atoms with Gasteiger partial charge < -0.3 is 14.6 Å². The van der Waals surface area contributed by atoms with Crippen LogP contribution in [0.15, 0.2) is 18.6 Å². The molecule has 0 aliphatic carbocycles. The summed E-state index contributed by atoms with van der Waals surface area (Å²) >= 11 is 0. The van der Waals surface area contributed by atoms with Crippen LogP contribution in [0, 0.1) is 5.92 Å². The minimum Gasteiger partial charge on any atom is -0.480 e. The summed E-state index contributed by atoms with van der Waals surface area (Å²) in [6.45, 7) is 2.70. The van der Waals surface area contributed by atoms with Crippen molar-refractivity contribution in [2.45, 2.75) is 25.8 Å². The first-order valence-electron chi connectivity index (χ1n) is 6.85. The van der Waals surface area contributed by atoms with Crippen LogP contribution in [0.25, 0.3) is 11.0 Å². The lowest BCUT2D eigenvalue weighted by molar-refractivity contribution is -0.140. The van der Waals surface area contributed by atoms with Gasteiger partial charge in [-0.05, 0) is 24.8 Å². The van der Waals surface area contributed by atoms with Gasteiger partial charge in [-0.2, -0.15) is 0 Å². The maximum absolute atomic E-state index is 11.6. The van der Waals surface area contributed by atoms with Gasteiger partial charge in [0.1, 0.15) is 11.6 Å². The molecule has 1 saturated heterocycles. The quantitative estimate of drug-likeness (QED) is 0.901. The molecule has 2 atom stereocenters. The lowest BCUT2D eigenvalue weighted by atomic mass is 9.91. The van der Waals surface area contributed by atoms with E-state index in [2.05, 4.69) is 9.97 Å². The molecule has 1 fully saturated rings. The molecule has 0 radical (unpaired) electrons. The molecule has 106 valence electrons. The number of fused-ring (bicyclic) bond motifs is 1. The van der Waals surface area contributed by atoms with Gasteiger partial charge >= 0.3 is 5.97 Å². The second-order valence-corrected chi connectivity index (χ2v) is 5.45. The van der Waals surface area contributed by atoms with E-state index in [9.17, 15) is 9.90 Å². The third kappa shape index (κ3) is 1.92. The second-order valence-electron chi connectivity index (χ2n) is 5.45. The van der Waals surface area contributed by atoms with Gasteiger partial charge in [0, 0.05) is 19.8 Å². The molecule has 1 aliphatic rings. The number of piperidine rings is 1. The van der Waals surface area contributed by atoms with Crippen LogP contribution in [0.2, 0.25) is 0 Å². The molecule has 3 rings (SSSR count). The molecular formula is C14H18N4O2. The van der Waals surface area contributed by atoms with E-state index in [1.54, 1.807) is 12.5 Å². The number of hydrogen-bond acceptors (Lipinski definition) is 4. The summed E-state index contributed by atoms with van der Waals surface area (Å²) in [5.74, 6) is 0.0102. The highest BCUT2D eigenvalue weighted by Crippen LogP contribution is 2.31. The van der Waals surface area contributed by atoms with Crippen LogP contribution in [0.5, 0.6) is 0 Å². The molecule has 0 bridgehead atoms. The summed E-state index contributed by atoms with van der Waals surface area (Å²) in [6.07, 6.45) is 5.37. The monoisotopic (exact) mass is 274 g/mol. The van der Waals surface area contributed by atoms with Gasteiger partial charge in [0.25, 0.3) is 0 Å². The van der Waals surface area contributed by atoms with Gasteiger partial charge in [0.15, 0.2) is 5.82 Å². The molecule has 1 aliphatic heterocycles. The first kappa shape index (κ1) is 12.9. The third-order valence-corrected chi connectivity index (χ3v) is 4.08. The standard InChI is InChI=1S/C14H18N4O2/c1-9-4-3-7-18(12(9)14(19)20)13-11-10(5-6-15-13)17(2)8-16-11/h5-6,8-9,12H,3-4,7H2,1-2H3,(H,19,20). The maximum atomic E-state index is 11.6. The smallest absolute Gasteiger partial charge is 0.326 e. The van der Waals surface area contributed by atoms with Crippen LogP contribution in [0.4, 0.5) is 5.82 Å². The van der Waals surface area contributed by atoms with Crippen molar-refractivity contribution < 1.29 is 9.90 Å². The lowest BCUT2D eigenvalue weighted by Crippen LogP contribution is -2.49. The minimum absolute atomic E-state index is 0.113. The molecule has 1 N–H and O–H groups in total. The molecule has 2 aromatic heterocycles. The Morgan fingerprint density at radius 3 is 3.00 bits per heavy atom. The average molecular weight is 274 g/mol. The summed E-state index contributed by atoms with van der Waals surface area (Å²) in [6, 6.07) is 1.37. The van der Waals surface area contributed by atoms with E-state index in [4.69, 9.17) is 0 Å². The van der Waals surface area contributed by atoms with E-state index in [-0.39, 0.29) is 5.92 Å². The number of aliphatic carboxylic acids is 1. The Kier molecular flexibility index (Phi) is 3.08. The number of imidazole rings is 1. The molecule has 6 nitrogen and oxygen atoms in total. The number of hydrogen-bond donors (Lipinski definition) is 1. The average Bonchev–Trinajstić information content (AvgIpc) is 2.80. The number of carboxylic acids is 1. The molecule has 20 heavy (non-hydrogen) atoms. The predicted molar refractivity (Wildman–Crippen MR) is 75.7 cm³/mol. The molecule has 2 unspecified atom stereocenters. The zero-order valence-corrected chi connectivity index (χ0v) is 11.7. The summed E-state index contributed by atoms with van der Waals surface area (Å²) in [5.41, 5.74) is 1.74. The normalized spacial score (nSPS) is 23.2. The fraction of sp³-hybridized carbons (Fsp3) is 0.500. The van der Waals surface area contributed by atoms with E-state index >= 15 is 0 Å². The van der Waals surface area contributed by atoms with Crippen LogP contribution in [0.3, 0.4) is 0 Å². The zero-order chi connectivity index (χ0) is 14.3. The highest BCUT2D eigenvalue weighted by Gasteiger charge is 2.36. The number of carboxylic acid groups (broad SMARTS) is 1. The van der Waals surface area contributed by atoms with E-state index in [1.807, 2.05) is 29.5 Å². The summed E-state index contributed by atoms with van der Waals surface area (Å²) in [7, 11) is 1.92. The van der Waals surface area contributed by atoms with Crippen LogP contribution in [0.1, 0.15) is 19.8 Å². The van der Waals surface area contributed by atoms with Gasteiger partial charge in [0.05, 0.1) is 11.8 Å². The van der Waals surface area contributed by atoms with E-state index in [1.165, 1.54) is 0 Å². The molecule has 2 aromatic rings. The highest BCUT2D eigenvalue weighted by molar-refractivity contribution is 5.89. The van der Waals surface area contributed by atoms with E-state index < -0.39 is 12.0 Å².